The lowest BCUT2D eigenvalue weighted by Crippen LogP contribution is -2.20. The predicted octanol–water partition coefficient (Wildman–Crippen LogP) is 4.31. The molecule has 0 aliphatic carbocycles. The number of ether oxygens (including phenoxy) is 1. The Bertz CT molecular complexity index is 959. The third kappa shape index (κ3) is 5.25. The van der Waals surface area contributed by atoms with E-state index in [1.54, 1.807) is 12.3 Å². The van der Waals surface area contributed by atoms with E-state index in [0.717, 1.165) is 10.4 Å². The highest BCUT2D eigenvalue weighted by Crippen LogP contribution is 2.26. The zero-order valence-electron chi connectivity index (χ0n) is 13.9. The summed E-state index contributed by atoms with van der Waals surface area (Å²) in [4.78, 5) is 27.5. The second-order valence-electron chi connectivity index (χ2n) is 5.50. The fourth-order valence-electron chi connectivity index (χ4n) is 2.28. The molecule has 0 fully saturated rings. The van der Waals surface area contributed by atoms with Gasteiger partial charge in [-0.05, 0) is 23.8 Å². The van der Waals surface area contributed by atoms with Crippen LogP contribution in [0.25, 0.3) is 0 Å². The van der Waals surface area contributed by atoms with Gasteiger partial charge >= 0.3 is 5.69 Å². The molecule has 0 saturated heterocycles. The van der Waals surface area contributed by atoms with Crippen molar-refractivity contribution in [1.82, 2.24) is 4.98 Å². The molecule has 0 radical (unpaired) electrons. The molecule has 3 aromatic rings. The van der Waals surface area contributed by atoms with Gasteiger partial charge in [-0.3, -0.25) is 20.2 Å². The Kier molecular flexibility index (Phi) is 6.00. The lowest BCUT2D eigenvalue weighted by Gasteiger charge is -2.06. The number of amides is 1. The van der Waals surface area contributed by atoms with E-state index in [-0.39, 0.29) is 18.0 Å². The van der Waals surface area contributed by atoms with E-state index in [1.807, 2.05) is 24.3 Å². The minimum atomic E-state index is -0.558. The number of nitro groups is 1. The number of carbonyl (C=O) groups is 1. The highest BCUT2D eigenvalue weighted by atomic mass is 35.5. The molecule has 1 amide bonds. The van der Waals surface area contributed by atoms with Gasteiger partial charge in [-0.2, -0.15) is 0 Å². The van der Waals surface area contributed by atoms with Crippen molar-refractivity contribution in [2.75, 3.05) is 11.9 Å². The van der Waals surface area contributed by atoms with Crippen LogP contribution in [0.15, 0.2) is 54.7 Å². The van der Waals surface area contributed by atoms with Crippen LogP contribution in [0.1, 0.15) is 10.4 Å². The summed E-state index contributed by atoms with van der Waals surface area (Å²) in [5.41, 5.74) is 0.894. The van der Waals surface area contributed by atoms with Gasteiger partial charge in [-0.1, -0.05) is 35.9 Å². The van der Waals surface area contributed by atoms with Crippen molar-refractivity contribution in [3.63, 3.8) is 0 Å². The summed E-state index contributed by atoms with van der Waals surface area (Å²) in [5.74, 6) is -0.402. The number of hydrogen-bond donors (Lipinski definition) is 1. The summed E-state index contributed by atoms with van der Waals surface area (Å²) in [5, 5.41) is 14.7. The minimum absolute atomic E-state index is 0.0419. The van der Waals surface area contributed by atoms with Gasteiger partial charge in [0.15, 0.2) is 17.5 Å². The predicted molar refractivity (Wildman–Crippen MR) is 104 cm³/mol. The van der Waals surface area contributed by atoms with Gasteiger partial charge in [-0.15, -0.1) is 11.3 Å². The molecule has 0 saturated carbocycles. The number of benzene rings is 2. The summed E-state index contributed by atoms with van der Waals surface area (Å²) in [7, 11) is 0. The summed E-state index contributed by atoms with van der Waals surface area (Å²) < 4.78 is 5.26. The first-order valence-electron chi connectivity index (χ1n) is 7.86. The van der Waals surface area contributed by atoms with Crippen LogP contribution in [0.5, 0.6) is 5.75 Å². The SMILES string of the molecule is O=C(COc1ccccc1[N+](=O)[O-])Nc1ncc(Cc2ccc(Cl)cc2)s1. The average molecular weight is 404 g/mol. The standard InChI is InChI=1S/C18H14ClN3O4S/c19-13-7-5-12(6-8-13)9-14-10-20-18(27-14)21-17(23)11-26-16-4-2-1-3-15(16)22(24)25/h1-8,10H,9,11H2,(H,20,21,23). The first-order chi connectivity index (χ1) is 13.0. The second kappa shape index (κ2) is 8.61. The molecular weight excluding hydrogens is 390 g/mol. The average Bonchev–Trinajstić information content (AvgIpc) is 3.09. The summed E-state index contributed by atoms with van der Waals surface area (Å²) >= 11 is 7.22. The van der Waals surface area contributed by atoms with Crippen LogP contribution in [0.3, 0.4) is 0 Å². The third-order valence-electron chi connectivity index (χ3n) is 3.51. The van der Waals surface area contributed by atoms with Crippen molar-refractivity contribution < 1.29 is 14.5 Å². The van der Waals surface area contributed by atoms with E-state index in [0.29, 0.717) is 16.6 Å². The van der Waals surface area contributed by atoms with Crippen LogP contribution < -0.4 is 10.1 Å². The van der Waals surface area contributed by atoms with Gasteiger partial charge in [0, 0.05) is 28.6 Å². The van der Waals surface area contributed by atoms with Gasteiger partial charge in [0.2, 0.25) is 0 Å². The first-order valence-corrected chi connectivity index (χ1v) is 9.06. The molecule has 0 aliphatic rings. The number of nitrogens with one attached hydrogen (secondary N) is 1. The quantitative estimate of drug-likeness (QED) is 0.468. The first kappa shape index (κ1) is 18.8. The maximum Gasteiger partial charge on any atom is 0.310 e. The summed E-state index contributed by atoms with van der Waals surface area (Å²) in [6.45, 7) is -0.350. The van der Waals surface area contributed by atoms with Gasteiger partial charge in [0.05, 0.1) is 4.92 Å². The Morgan fingerprint density at radius 3 is 2.70 bits per heavy atom. The van der Waals surface area contributed by atoms with E-state index >= 15 is 0 Å². The lowest BCUT2D eigenvalue weighted by atomic mass is 10.1. The lowest BCUT2D eigenvalue weighted by molar-refractivity contribution is -0.385. The zero-order valence-corrected chi connectivity index (χ0v) is 15.5. The number of hydrogen-bond acceptors (Lipinski definition) is 6. The van der Waals surface area contributed by atoms with Crippen LogP contribution in [0, 0.1) is 10.1 Å². The molecule has 138 valence electrons. The Morgan fingerprint density at radius 1 is 1.22 bits per heavy atom. The molecule has 0 unspecified atom stereocenters. The van der Waals surface area contributed by atoms with Crippen LogP contribution in [-0.2, 0) is 11.2 Å². The molecule has 7 nitrogen and oxygen atoms in total. The number of carbonyl (C=O) groups excluding carboxylic acids is 1. The van der Waals surface area contributed by atoms with Gasteiger partial charge in [0.1, 0.15) is 0 Å². The number of anilines is 1. The van der Waals surface area contributed by atoms with Gasteiger partial charge in [0.25, 0.3) is 5.91 Å². The van der Waals surface area contributed by atoms with Crippen LogP contribution in [-0.4, -0.2) is 22.4 Å². The van der Waals surface area contributed by atoms with Crippen LogP contribution >= 0.6 is 22.9 Å². The molecule has 0 bridgehead atoms. The highest BCUT2D eigenvalue weighted by Gasteiger charge is 2.15. The zero-order chi connectivity index (χ0) is 19.2. The number of thiazole rings is 1. The van der Waals surface area contributed by atoms with Crippen molar-refractivity contribution in [3.05, 3.63) is 80.3 Å². The van der Waals surface area contributed by atoms with Crippen molar-refractivity contribution in [2.24, 2.45) is 0 Å². The topological polar surface area (TPSA) is 94.4 Å². The number of nitrogens with zero attached hydrogens (tertiary/aromatic N) is 2. The Hall–Kier alpha value is -2.97. The molecular formula is C18H14ClN3O4S. The maximum absolute atomic E-state index is 12.0. The molecule has 0 atom stereocenters. The van der Waals surface area contributed by atoms with Crippen LogP contribution in [0.2, 0.25) is 5.02 Å². The van der Waals surface area contributed by atoms with E-state index < -0.39 is 10.8 Å². The fraction of sp³-hybridized carbons (Fsp3) is 0.111. The number of aromatic nitrogens is 1. The van der Waals surface area contributed by atoms with Crippen molar-refractivity contribution in [2.45, 2.75) is 6.42 Å². The van der Waals surface area contributed by atoms with E-state index in [1.165, 1.54) is 29.5 Å². The molecule has 1 heterocycles. The monoisotopic (exact) mass is 403 g/mol. The second-order valence-corrected chi connectivity index (χ2v) is 7.05. The molecule has 9 heteroatoms. The summed E-state index contributed by atoms with van der Waals surface area (Å²) in [6, 6.07) is 13.4. The molecule has 27 heavy (non-hydrogen) atoms. The smallest absolute Gasteiger partial charge is 0.310 e. The third-order valence-corrected chi connectivity index (χ3v) is 4.68. The molecule has 0 aliphatic heterocycles. The van der Waals surface area contributed by atoms with Crippen molar-refractivity contribution >= 4 is 39.7 Å². The molecule has 1 N–H and O–H groups in total. The molecule has 2 aromatic carbocycles. The molecule has 0 spiro atoms. The molecule has 3 rings (SSSR count). The normalized spacial score (nSPS) is 10.4. The Balaban J connectivity index is 1.55. The van der Waals surface area contributed by atoms with Gasteiger partial charge < -0.3 is 4.74 Å². The highest BCUT2D eigenvalue weighted by molar-refractivity contribution is 7.15. The van der Waals surface area contributed by atoms with E-state index in [2.05, 4.69) is 10.3 Å². The summed E-state index contributed by atoms with van der Waals surface area (Å²) in [6.07, 6.45) is 2.37. The molecule has 1 aromatic heterocycles. The maximum atomic E-state index is 12.0. The Labute approximate surface area is 163 Å². The van der Waals surface area contributed by atoms with E-state index in [4.69, 9.17) is 16.3 Å². The number of rotatable bonds is 7. The number of para-hydroxylation sites is 2. The van der Waals surface area contributed by atoms with E-state index in [9.17, 15) is 14.9 Å². The fourth-order valence-corrected chi connectivity index (χ4v) is 3.27. The number of halogens is 1. The Morgan fingerprint density at radius 2 is 1.96 bits per heavy atom. The van der Waals surface area contributed by atoms with Crippen LogP contribution in [0.4, 0.5) is 10.8 Å². The van der Waals surface area contributed by atoms with Gasteiger partial charge in [-0.25, -0.2) is 4.98 Å². The largest absolute Gasteiger partial charge is 0.477 e. The van der Waals surface area contributed by atoms with Crippen molar-refractivity contribution in [3.8, 4) is 5.75 Å². The van der Waals surface area contributed by atoms with Crippen molar-refractivity contribution in [1.29, 1.82) is 0 Å². The minimum Gasteiger partial charge on any atom is -0.477 e. The number of nitro benzene ring substituents is 1.